The molecule has 6 heteroatoms. The summed E-state index contributed by atoms with van der Waals surface area (Å²) >= 11 is 0. The first-order chi connectivity index (χ1) is 12.0. The van der Waals surface area contributed by atoms with E-state index in [1.807, 2.05) is 38.4 Å². The van der Waals surface area contributed by atoms with Crippen molar-refractivity contribution in [2.24, 2.45) is 13.0 Å². The average molecular weight is 339 g/mol. The fraction of sp³-hybridized carbons (Fsp3) is 0.368. The van der Waals surface area contributed by atoms with Gasteiger partial charge in [0.15, 0.2) is 0 Å². The Morgan fingerprint density at radius 2 is 2.24 bits per heavy atom. The number of aromatic nitrogens is 2. The Morgan fingerprint density at radius 3 is 2.92 bits per heavy atom. The number of aliphatic hydroxyl groups excluding tert-OH is 1. The third kappa shape index (κ3) is 2.93. The molecular formula is C19H21N3O3. The summed E-state index contributed by atoms with van der Waals surface area (Å²) < 4.78 is 7.43. The summed E-state index contributed by atoms with van der Waals surface area (Å²) in [5.41, 5.74) is 2.09. The van der Waals surface area contributed by atoms with E-state index in [2.05, 4.69) is 10.4 Å². The lowest BCUT2D eigenvalue weighted by Gasteiger charge is -2.37. The molecule has 0 saturated heterocycles. The first-order valence-electron chi connectivity index (χ1n) is 8.48. The van der Waals surface area contributed by atoms with E-state index in [0.29, 0.717) is 24.0 Å². The zero-order valence-electron chi connectivity index (χ0n) is 14.3. The highest BCUT2D eigenvalue weighted by molar-refractivity contribution is 6.05. The van der Waals surface area contributed by atoms with Crippen LogP contribution in [-0.4, -0.2) is 26.9 Å². The van der Waals surface area contributed by atoms with Gasteiger partial charge in [-0.25, -0.2) is 0 Å². The van der Waals surface area contributed by atoms with Gasteiger partial charge in [0.25, 0.3) is 5.91 Å². The van der Waals surface area contributed by atoms with Crippen molar-refractivity contribution >= 4 is 16.9 Å². The molecule has 0 radical (unpaired) electrons. The summed E-state index contributed by atoms with van der Waals surface area (Å²) in [6.45, 7) is 1.87. The second kappa shape index (κ2) is 6.04. The molecule has 6 nitrogen and oxygen atoms in total. The molecule has 0 spiro atoms. The van der Waals surface area contributed by atoms with Gasteiger partial charge < -0.3 is 14.8 Å². The molecule has 1 amide bonds. The molecule has 1 saturated carbocycles. The SMILES string of the molecule is Cc1cc2cccc(C(=O)NC(c3cnn(C)c3)C3CC(O)C3)c2o1. The number of hydrogen-bond acceptors (Lipinski definition) is 4. The van der Waals surface area contributed by atoms with Gasteiger partial charge in [0.05, 0.1) is 23.9 Å². The van der Waals surface area contributed by atoms with Gasteiger partial charge in [-0.05, 0) is 37.8 Å². The van der Waals surface area contributed by atoms with Crippen molar-refractivity contribution in [1.82, 2.24) is 15.1 Å². The molecule has 1 aromatic carbocycles. The molecule has 2 aromatic heterocycles. The van der Waals surface area contributed by atoms with Crippen LogP contribution in [0.1, 0.15) is 40.6 Å². The fourth-order valence-corrected chi connectivity index (χ4v) is 3.57. The highest BCUT2D eigenvalue weighted by Crippen LogP contribution is 2.38. The van der Waals surface area contributed by atoms with Crippen LogP contribution in [0.4, 0.5) is 0 Å². The van der Waals surface area contributed by atoms with Gasteiger partial charge in [-0.1, -0.05) is 12.1 Å². The van der Waals surface area contributed by atoms with Crippen LogP contribution in [0.3, 0.4) is 0 Å². The lowest BCUT2D eigenvalue weighted by molar-refractivity contribution is 0.0235. The number of carbonyl (C=O) groups is 1. The number of nitrogens with zero attached hydrogens (tertiary/aromatic N) is 2. The largest absolute Gasteiger partial charge is 0.461 e. The van der Waals surface area contributed by atoms with Crippen molar-refractivity contribution in [1.29, 1.82) is 0 Å². The topological polar surface area (TPSA) is 80.3 Å². The Hall–Kier alpha value is -2.60. The minimum absolute atomic E-state index is 0.170. The predicted octanol–water partition coefficient (Wildman–Crippen LogP) is 2.72. The molecule has 3 aromatic rings. The van der Waals surface area contributed by atoms with E-state index in [4.69, 9.17) is 4.42 Å². The maximum absolute atomic E-state index is 12.9. The number of para-hydroxylation sites is 1. The summed E-state index contributed by atoms with van der Waals surface area (Å²) in [4.78, 5) is 12.9. The Balaban J connectivity index is 1.63. The Bertz CT molecular complexity index is 921. The van der Waals surface area contributed by atoms with E-state index in [1.165, 1.54) is 0 Å². The van der Waals surface area contributed by atoms with Crippen molar-refractivity contribution in [3.8, 4) is 0 Å². The van der Waals surface area contributed by atoms with Crippen molar-refractivity contribution in [2.75, 3.05) is 0 Å². The molecule has 130 valence electrons. The van der Waals surface area contributed by atoms with E-state index in [1.54, 1.807) is 16.9 Å². The number of aryl methyl sites for hydroxylation is 2. The summed E-state index contributed by atoms with van der Waals surface area (Å²) in [5.74, 6) is 0.817. The number of carbonyl (C=O) groups excluding carboxylic acids is 1. The zero-order valence-corrected chi connectivity index (χ0v) is 14.3. The molecule has 2 heterocycles. The molecule has 1 fully saturated rings. The van der Waals surface area contributed by atoms with Crippen molar-refractivity contribution in [3.63, 3.8) is 0 Å². The van der Waals surface area contributed by atoms with Crippen LogP contribution in [-0.2, 0) is 7.05 Å². The number of fused-ring (bicyclic) bond motifs is 1. The molecule has 1 aliphatic carbocycles. The van der Waals surface area contributed by atoms with Gasteiger partial charge in [0, 0.05) is 24.2 Å². The fourth-order valence-electron chi connectivity index (χ4n) is 3.57. The maximum Gasteiger partial charge on any atom is 0.255 e. The minimum Gasteiger partial charge on any atom is -0.461 e. The van der Waals surface area contributed by atoms with Crippen molar-refractivity contribution in [2.45, 2.75) is 31.9 Å². The minimum atomic E-state index is -0.280. The third-order valence-electron chi connectivity index (χ3n) is 4.90. The van der Waals surface area contributed by atoms with E-state index in [0.717, 1.165) is 16.7 Å². The molecular weight excluding hydrogens is 318 g/mol. The first kappa shape index (κ1) is 15.9. The second-order valence-corrected chi connectivity index (χ2v) is 6.86. The normalized spacial score (nSPS) is 21.1. The highest BCUT2D eigenvalue weighted by Gasteiger charge is 2.36. The van der Waals surface area contributed by atoms with Gasteiger partial charge in [-0.3, -0.25) is 9.48 Å². The molecule has 4 rings (SSSR count). The number of aliphatic hydroxyl groups is 1. The molecule has 2 N–H and O–H groups in total. The Labute approximate surface area is 145 Å². The van der Waals surface area contributed by atoms with Gasteiger partial charge >= 0.3 is 0 Å². The van der Waals surface area contributed by atoms with Crippen LogP contribution in [0.15, 0.2) is 41.1 Å². The van der Waals surface area contributed by atoms with Gasteiger partial charge in [0.2, 0.25) is 0 Å². The number of amides is 1. The number of benzene rings is 1. The number of rotatable bonds is 4. The van der Waals surface area contributed by atoms with Crippen LogP contribution in [0, 0.1) is 12.8 Å². The predicted molar refractivity (Wildman–Crippen MR) is 93.1 cm³/mol. The van der Waals surface area contributed by atoms with Crippen LogP contribution >= 0.6 is 0 Å². The number of hydrogen-bond donors (Lipinski definition) is 2. The average Bonchev–Trinajstić information content (AvgIpc) is 3.13. The van der Waals surface area contributed by atoms with E-state index in [-0.39, 0.29) is 24.0 Å². The van der Waals surface area contributed by atoms with Crippen molar-refractivity contribution < 1.29 is 14.3 Å². The summed E-state index contributed by atoms with van der Waals surface area (Å²) in [5, 5.41) is 17.9. The van der Waals surface area contributed by atoms with E-state index >= 15 is 0 Å². The first-order valence-corrected chi connectivity index (χ1v) is 8.48. The number of furan rings is 1. The smallest absolute Gasteiger partial charge is 0.255 e. The monoisotopic (exact) mass is 339 g/mol. The van der Waals surface area contributed by atoms with E-state index < -0.39 is 0 Å². The maximum atomic E-state index is 12.9. The second-order valence-electron chi connectivity index (χ2n) is 6.86. The summed E-state index contributed by atoms with van der Waals surface area (Å²) in [7, 11) is 1.85. The molecule has 1 unspecified atom stereocenters. The van der Waals surface area contributed by atoms with Gasteiger partial charge in [0.1, 0.15) is 11.3 Å². The lowest BCUT2D eigenvalue weighted by atomic mass is 9.75. The quantitative estimate of drug-likeness (QED) is 0.766. The van der Waals surface area contributed by atoms with E-state index in [9.17, 15) is 9.90 Å². The van der Waals surface area contributed by atoms with Crippen LogP contribution in [0.2, 0.25) is 0 Å². The lowest BCUT2D eigenvalue weighted by Crippen LogP contribution is -2.41. The number of nitrogens with one attached hydrogen (secondary N) is 1. The molecule has 0 bridgehead atoms. The molecule has 1 atom stereocenters. The third-order valence-corrected chi connectivity index (χ3v) is 4.90. The molecule has 1 aliphatic rings. The zero-order chi connectivity index (χ0) is 17.6. The van der Waals surface area contributed by atoms with Crippen LogP contribution in [0.5, 0.6) is 0 Å². The van der Waals surface area contributed by atoms with Crippen LogP contribution < -0.4 is 5.32 Å². The Kier molecular flexibility index (Phi) is 3.84. The summed E-state index contributed by atoms with van der Waals surface area (Å²) in [6, 6.07) is 7.32. The Morgan fingerprint density at radius 1 is 1.44 bits per heavy atom. The molecule has 25 heavy (non-hydrogen) atoms. The highest BCUT2D eigenvalue weighted by atomic mass is 16.3. The van der Waals surface area contributed by atoms with Crippen molar-refractivity contribution in [3.05, 3.63) is 53.5 Å². The van der Waals surface area contributed by atoms with Gasteiger partial charge in [-0.2, -0.15) is 5.10 Å². The summed E-state index contributed by atoms with van der Waals surface area (Å²) in [6.07, 6.45) is 4.77. The standard InChI is InChI=1S/C19H21N3O3/c1-11-6-12-4-3-5-16(18(12)25-11)19(24)21-17(13-7-15(23)8-13)14-9-20-22(2)10-14/h3-6,9-10,13,15,17,23H,7-8H2,1-2H3,(H,21,24). The van der Waals surface area contributed by atoms with Gasteiger partial charge in [-0.15, -0.1) is 0 Å². The molecule has 0 aliphatic heterocycles. The van der Waals surface area contributed by atoms with Crippen LogP contribution in [0.25, 0.3) is 11.0 Å².